The lowest BCUT2D eigenvalue weighted by Gasteiger charge is -2.14. The Morgan fingerprint density at radius 3 is 2.80 bits per heavy atom. The molecule has 0 saturated carbocycles. The van der Waals surface area contributed by atoms with Crippen molar-refractivity contribution >= 4 is 40.2 Å². The summed E-state index contributed by atoms with van der Waals surface area (Å²) in [5.41, 5.74) is 0.642. The zero-order valence-corrected chi connectivity index (χ0v) is 13.6. The van der Waals surface area contributed by atoms with Gasteiger partial charge >= 0.3 is 6.03 Å². The molecule has 0 aliphatic rings. The number of hydrogen-bond donors (Lipinski definition) is 1. The molecule has 1 rings (SSSR count). The molecule has 6 heteroatoms. The summed E-state index contributed by atoms with van der Waals surface area (Å²) in [5, 5.41) is 3.99. The van der Waals surface area contributed by atoms with Crippen molar-refractivity contribution in [1.29, 1.82) is 0 Å². The minimum Gasteiger partial charge on any atom is -0.357 e. The van der Waals surface area contributed by atoms with E-state index in [-0.39, 0.29) is 6.03 Å². The van der Waals surface area contributed by atoms with Crippen LogP contribution in [0.5, 0.6) is 0 Å². The first kappa shape index (κ1) is 16.9. The quantitative estimate of drug-likeness (QED) is 0.511. The zero-order valence-electron chi connectivity index (χ0n) is 12.0. The summed E-state index contributed by atoms with van der Waals surface area (Å²) in [6.07, 6.45) is 2.23. The normalized spacial score (nSPS) is 11.3. The fourth-order valence-electron chi connectivity index (χ4n) is 1.37. The monoisotopic (exact) mass is 313 g/mol. The first-order chi connectivity index (χ1) is 9.52. The number of rotatable bonds is 4. The topological polar surface area (TPSA) is 44.7 Å². The Labute approximate surface area is 129 Å². The van der Waals surface area contributed by atoms with Crippen LogP contribution in [0.1, 0.15) is 19.8 Å². The Kier molecular flexibility index (Phi) is 7.47. The number of carbonyl (C=O) groups excluding carboxylic acids is 1. The summed E-state index contributed by atoms with van der Waals surface area (Å²) in [7, 11) is 3.76. The maximum absolute atomic E-state index is 11.9. The molecule has 1 aromatic rings. The Morgan fingerprint density at radius 1 is 1.45 bits per heavy atom. The number of anilines is 1. The minimum atomic E-state index is -0.389. The van der Waals surface area contributed by atoms with E-state index in [1.165, 1.54) is 0 Å². The van der Waals surface area contributed by atoms with Crippen molar-refractivity contribution in [3.8, 4) is 0 Å². The van der Waals surface area contributed by atoms with E-state index < -0.39 is 0 Å². The molecular formula is C14H20ClN3OS. The summed E-state index contributed by atoms with van der Waals surface area (Å²) >= 11 is 7.45. The van der Waals surface area contributed by atoms with E-state index in [0.29, 0.717) is 15.9 Å². The van der Waals surface area contributed by atoms with Gasteiger partial charge in [-0.1, -0.05) is 42.8 Å². The van der Waals surface area contributed by atoms with E-state index in [9.17, 15) is 4.79 Å². The molecule has 0 radical (unpaired) electrons. The average molecular weight is 314 g/mol. The fraction of sp³-hybridized carbons (Fsp3) is 0.429. The molecule has 0 atom stereocenters. The predicted octanol–water partition coefficient (Wildman–Crippen LogP) is 4.32. The second-order valence-corrected chi connectivity index (χ2v) is 5.93. The molecule has 0 saturated heterocycles. The molecule has 0 heterocycles. The van der Waals surface area contributed by atoms with Gasteiger partial charge in [-0.05, 0) is 24.6 Å². The maximum atomic E-state index is 11.9. The number of benzene rings is 1. The molecular weight excluding hydrogens is 294 g/mol. The molecule has 0 unspecified atom stereocenters. The van der Waals surface area contributed by atoms with Gasteiger partial charge in [0.15, 0.2) is 5.17 Å². The lowest BCUT2D eigenvalue weighted by Crippen LogP contribution is -2.22. The summed E-state index contributed by atoms with van der Waals surface area (Å²) in [6, 6.07) is 6.62. The number of unbranched alkanes of at least 4 members (excludes halogenated alkanes) is 1. The number of amidine groups is 1. The van der Waals surface area contributed by atoms with Gasteiger partial charge < -0.3 is 10.2 Å². The van der Waals surface area contributed by atoms with Crippen molar-refractivity contribution in [2.24, 2.45) is 4.99 Å². The highest BCUT2D eigenvalue weighted by Crippen LogP contribution is 2.15. The number of halogens is 1. The van der Waals surface area contributed by atoms with E-state index in [1.54, 1.807) is 36.0 Å². The van der Waals surface area contributed by atoms with Crippen LogP contribution in [0.15, 0.2) is 29.3 Å². The molecule has 0 aliphatic carbocycles. The molecule has 2 amide bonds. The average Bonchev–Trinajstić information content (AvgIpc) is 2.37. The number of aliphatic imine (C=N–C) groups is 1. The smallest absolute Gasteiger partial charge is 0.347 e. The molecule has 20 heavy (non-hydrogen) atoms. The number of thioether (sulfide) groups is 1. The highest BCUT2D eigenvalue weighted by atomic mass is 35.5. The van der Waals surface area contributed by atoms with Crippen LogP contribution in [0, 0.1) is 0 Å². The lowest BCUT2D eigenvalue weighted by molar-refractivity contribution is 0.259. The molecule has 1 aromatic carbocycles. The zero-order chi connectivity index (χ0) is 15.0. The molecule has 0 aromatic heterocycles. The largest absolute Gasteiger partial charge is 0.357 e. The van der Waals surface area contributed by atoms with E-state index in [0.717, 1.165) is 18.6 Å². The molecule has 0 bridgehead atoms. The van der Waals surface area contributed by atoms with Gasteiger partial charge in [-0.3, -0.25) is 0 Å². The Balaban J connectivity index is 2.65. The van der Waals surface area contributed by atoms with E-state index in [4.69, 9.17) is 11.6 Å². The summed E-state index contributed by atoms with van der Waals surface area (Å²) in [5.74, 6) is 0.956. The standard InChI is InChI=1S/C14H20ClN3OS/c1-4-5-9-20-14(18(2)3)17-13(19)16-12-8-6-7-11(15)10-12/h6-8,10H,4-5,9H2,1-3H3,(H,16,19)/b17-14+. The number of urea groups is 1. The molecule has 110 valence electrons. The third-order valence-electron chi connectivity index (χ3n) is 2.38. The third-order valence-corrected chi connectivity index (χ3v) is 3.83. The third kappa shape index (κ3) is 6.30. The summed E-state index contributed by atoms with van der Waals surface area (Å²) < 4.78 is 0. The van der Waals surface area contributed by atoms with Gasteiger partial charge in [0.25, 0.3) is 0 Å². The van der Waals surface area contributed by atoms with Crippen LogP contribution in [0.2, 0.25) is 5.02 Å². The first-order valence-electron chi connectivity index (χ1n) is 6.48. The van der Waals surface area contributed by atoms with Crippen LogP contribution in [-0.2, 0) is 0 Å². The van der Waals surface area contributed by atoms with Crippen LogP contribution in [-0.4, -0.2) is 35.9 Å². The van der Waals surface area contributed by atoms with Crippen LogP contribution < -0.4 is 5.32 Å². The fourth-order valence-corrected chi connectivity index (χ4v) is 2.59. The van der Waals surface area contributed by atoms with E-state index in [1.807, 2.05) is 19.0 Å². The summed E-state index contributed by atoms with van der Waals surface area (Å²) in [4.78, 5) is 17.8. The molecule has 4 nitrogen and oxygen atoms in total. The number of hydrogen-bond acceptors (Lipinski definition) is 2. The van der Waals surface area contributed by atoms with Gasteiger partial charge in [-0.15, -0.1) is 0 Å². The molecule has 0 aliphatic heterocycles. The second kappa shape index (κ2) is 8.87. The van der Waals surface area contributed by atoms with E-state index >= 15 is 0 Å². The van der Waals surface area contributed by atoms with Crippen molar-refractivity contribution in [2.45, 2.75) is 19.8 Å². The van der Waals surface area contributed by atoms with Crippen molar-refractivity contribution in [1.82, 2.24) is 4.90 Å². The Hall–Kier alpha value is -1.20. The van der Waals surface area contributed by atoms with Crippen LogP contribution in [0.4, 0.5) is 10.5 Å². The van der Waals surface area contributed by atoms with Crippen molar-refractivity contribution in [2.75, 3.05) is 25.2 Å². The van der Waals surface area contributed by atoms with Gasteiger partial charge in [-0.25, -0.2) is 4.79 Å². The number of nitrogens with zero attached hydrogens (tertiary/aromatic N) is 2. The molecule has 0 fully saturated rings. The molecule has 0 spiro atoms. The molecule has 1 N–H and O–H groups in total. The van der Waals surface area contributed by atoms with Gasteiger partial charge in [-0.2, -0.15) is 4.99 Å². The highest BCUT2D eigenvalue weighted by Gasteiger charge is 2.07. The number of carbonyl (C=O) groups is 1. The lowest BCUT2D eigenvalue weighted by atomic mass is 10.3. The SMILES string of the molecule is CCCCS/C(=N/C(=O)Nc1cccc(Cl)c1)N(C)C. The van der Waals surface area contributed by atoms with Crippen LogP contribution >= 0.6 is 23.4 Å². The Morgan fingerprint density at radius 2 is 2.20 bits per heavy atom. The van der Waals surface area contributed by atoms with Crippen molar-refractivity contribution < 1.29 is 4.79 Å². The van der Waals surface area contributed by atoms with E-state index in [2.05, 4.69) is 17.2 Å². The maximum Gasteiger partial charge on any atom is 0.347 e. The van der Waals surface area contributed by atoms with Gasteiger partial charge in [0, 0.05) is 30.6 Å². The van der Waals surface area contributed by atoms with Gasteiger partial charge in [0.2, 0.25) is 0 Å². The Bertz CT molecular complexity index is 477. The van der Waals surface area contributed by atoms with Crippen molar-refractivity contribution in [3.05, 3.63) is 29.3 Å². The van der Waals surface area contributed by atoms with Crippen LogP contribution in [0.3, 0.4) is 0 Å². The summed E-state index contributed by atoms with van der Waals surface area (Å²) in [6.45, 7) is 2.14. The highest BCUT2D eigenvalue weighted by molar-refractivity contribution is 8.13. The predicted molar refractivity (Wildman–Crippen MR) is 89.0 cm³/mol. The number of amides is 2. The first-order valence-corrected chi connectivity index (χ1v) is 7.84. The van der Waals surface area contributed by atoms with Crippen LogP contribution in [0.25, 0.3) is 0 Å². The van der Waals surface area contributed by atoms with Gasteiger partial charge in [0.1, 0.15) is 0 Å². The number of nitrogens with one attached hydrogen (secondary N) is 1. The van der Waals surface area contributed by atoms with Crippen molar-refractivity contribution in [3.63, 3.8) is 0 Å². The van der Waals surface area contributed by atoms with Gasteiger partial charge in [0.05, 0.1) is 0 Å². The second-order valence-electron chi connectivity index (χ2n) is 4.43. The minimum absolute atomic E-state index is 0.389.